The first-order valence-corrected chi connectivity index (χ1v) is 8.32. The number of hydrogen-bond donors (Lipinski definition) is 3. The van der Waals surface area contributed by atoms with Gasteiger partial charge in [0.1, 0.15) is 11.9 Å². The summed E-state index contributed by atoms with van der Waals surface area (Å²) in [5, 5.41) is 20.8. The van der Waals surface area contributed by atoms with E-state index in [2.05, 4.69) is 25.0 Å². The fraction of sp³-hybridized carbons (Fsp3) is 0.375. The lowest BCUT2D eigenvalue weighted by Crippen LogP contribution is -2.41. The number of ether oxygens (including phenoxy) is 2. The third kappa shape index (κ3) is 3.74. The summed E-state index contributed by atoms with van der Waals surface area (Å²) >= 11 is 0. The van der Waals surface area contributed by atoms with Crippen LogP contribution >= 0.6 is 0 Å². The number of anilines is 1. The topological polar surface area (TPSA) is 166 Å². The number of hydrogen-bond acceptors (Lipinski definition) is 10. The molecule has 30 heavy (non-hydrogen) atoms. The van der Waals surface area contributed by atoms with Crippen molar-refractivity contribution in [3.05, 3.63) is 46.5 Å². The van der Waals surface area contributed by atoms with Gasteiger partial charge < -0.3 is 25.0 Å². The molecule has 3 atom stereocenters. The number of aromatic nitrogens is 4. The Balaban J connectivity index is 1.85. The molecule has 14 heteroatoms. The van der Waals surface area contributed by atoms with Gasteiger partial charge in [-0.1, -0.05) is 0 Å². The molecule has 160 valence electrons. The van der Waals surface area contributed by atoms with Crippen molar-refractivity contribution in [2.45, 2.75) is 24.4 Å². The molecule has 2 aromatic heterocycles. The van der Waals surface area contributed by atoms with Gasteiger partial charge in [0, 0.05) is 18.6 Å². The van der Waals surface area contributed by atoms with Gasteiger partial charge in [0.05, 0.1) is 13.7 Å². The van der Waals surface area contributed by atoms with Crippen molar-refractivity contribution >= 4 is 17.7 Å². The second kappa shape index (κ2) is 8.17. The second-order valence-corrected chi connectivity index (χ2v) is 6.03. The molecule has 0 aliphatic carbocycles. The minimum absolute atomic E-state index is 0.330. The highest BCUT2D eigenvalue weighted by molar-refractivity contribution is 6.08. The van der Waals surface area contributed by atoms with Crippen molar-refractivity contribution in [1.29, 1.82) is 0 Å². The molecule has 0 saturated carbocycles. The zero-order valence-electron chi connectivity index (χ0n) is 15.2. The quantitative estimate of drug-likeness (QED) is 0.502. The summed E-state index contributed by atoms with van der Waals surface area (Å²) in [7, 11) is 1.08. The molecule has 0 bridgehead atoms. The number of esters is 1. The third-order valence-electron chi connectivity index (χ3n) is 4.18. The Morgan fingerprint density at radius 3 is 2.57 bits per heavy atom. The summed E-state index contributed by atoms with van der Waals surface area (Å²) in [5.41, 5.74) is -2.01. The van der Waals surface area contributed by atoms with Crippen molar-refractivity contribution in [2.75, 3.05) is 19.0 Å². The lowest BCUT2D eigenvalue weighted by Gasteiger charge is -2.21. The lowest BCUT2D eigenvalue weighted by atomic mass is 10.1. The number of carbonyl (C=O) groups excluding carboxylic acids is 2. The predicted molar refractivity (Wildman–Crippen MR) is 91.8 cm³/mol. The van der Waals surface area contributed by atoms with E-state index in [4.69, 9.17) is 9.84 Å². The van der Waals surface area contributed by atoms with Crippen molar-refractivity contribution in [2.24, 2.45) is 0 Å². The zero-order valence-corrected chi connectivity index (χ0v) is 15.2. The fourth-order valence-corrected chi connectivity index (χ4v) is 2.71. The molecule has 1 saturated heterocycles. The van der Waals surface area contributed by atoms with Crippen molar-refractivity contribution in [3.8, 4) is 0 Å². The first-order chi connectivity index (χ1) is 14.2. The molecule has 0 unspecified atom stereocenters. The molecule has 3 rings (SSSR count). The van der Waals surface area contributed by atoms with E-state index in [-0.39, 0.29) is 11.5 Å². The molecule has 1 fully saturated rings. The van der Waals surface area contributed by atoms with Crippen LogP contribution in [0.5, 0.6) is 0 Å². The first kappa shape index (κ1) is 21.4. The molecular weight excluding hydrogens is 412 g/mol. The van der Waals surface area contributed by atoms with E-state index >= 15 is 0 Å². The van der Waals surface area contributed by atoms with E-state index < -0.39 is 54.2 Å². The number of alkyl halides is 2. The maximum Gasteiger partial charge on any atom is 0.359 e. The van der Waals surface area contributed by atoms with E-state index in [9.17, 15) is 28.3 Å². The lowest BCUT2D eigenvalue weighted by molar-refractivity contribution is -0.140. The molecule has 1 aliphatic rings. The van der Waals surface area contributed by atoms with Crippen molar-refractivity contribution < 1.29 is 38.1 Å². The van der Waals surface area contributed by atoms with Gasteiger partial charge in [0.2, 0.25) is 6.23 Å². The van der Waals surface area contributed by atoms with Gasteiger partial charge in [-0.05, 0) is 6.07 Å². The molecule has 0 radical (unpaired) electrons. The number of nitrogens with zero attached hydrogens (tertiary/aromatic N) is 4. The average molecular weight is 427 g/mol. The van der Waals surface area contributed by atoms with Crippen LogP contribution in [0.25, 0.3) is 0 Å². The number of amides is 1. The maximum absolute atomic E-state index is 14.2. The van der Waals surface area contributed by atoms with Gasteiger partial charge in [-0.3, -0.25) is 9.36 Å². The summed E-state index contributed by atoms with van der Waals surface area (Å²) in [6.07, 6.45) is -2.95. The number of aliphatic hydroxyl groups is 2. The van der Waals surface area contributed by atoms with Gasteiger partial charge in [0.15, 0.2) is 17.5 Å². The highest BCUT2D eigenvalue weighted by Crippen LogP contribution is 2.41. The SMILES string of the molecule is COC(=O)c1nccnc1C(=O)Nc1ccn([C@@H]2O[C@H](CO)[C@@H](O)C2(F)F)c(=O)n1. The molecule has 1 aliphatic heterocycles. The van der Waals surface area contributed by atoms with E-state index in [1.54, 1.807) is 0 Å². The van der Waals surface area contributed by atoms with Gasteiger partial charge in [-0.25, -0.2) is 19.6 Å². The van der Waals surface area contributed by atoms with Crippen LogP contribution in [-0.2, 0) is 9.47 Å². The van der Waals surface area contributed by atoms with Crippen LogP contribution in [0, 0.1) is 0 Å². The average Bonchev–Trinajstić information content (AvgIpc) is 2.96. The summed E-state index contributed by atoms with van der Waals surface area (Å²) in [6.45, 7) is -0.885. The highest BCUT2D eigenvalue weighted by Gasteiger charge is 2.59. The Kier molecular flexibility index (Phi) is 5.82. The molecular formula is C16H15F2N5O7. The molecule has 0 spiro atoms. The minimum Gasteiger partial charge on any atom is -0.464 e. The van der Waals surface area contributed by atoms with E-state index in [0.717, 1.165) is 31.8 Å². The molecule has 0 aromatic carbocycles. The highest BCUT2D eigenvalue weighted by atomic mass is 19.3. The molecule has 3 N–H and O–H groups in total. The Morgan fingerprint density at radius 1 is 1.33 bits per heavy atom. The minimum atomic E-state index is -3.88. The number of halogens is 2. The zero-order chi connectivity index (χ0) is 22.1. The van der Waals surface area contributed by atoms with Crippen LogP contribution in [-0.4, -0.2) is 73.5 Å². The number of carbonyl (C=O) groups is 2. The third-order valence-corrected chi connectivity index (χ3v) is 4.18. The number of nitrogens with one attached hydrogen (secondary N) is 1. The van der Waals surface area contributed by atoms with Crippen LogP contribution in [0.3, 0.4) is 0 Å². The Labute approximate surface area is 166 Å². The largest absolute Gasteiger partial charge is 0.464 e. The number of rotatable bonds is 5. The first-order valence-electron chi connectivity index (χ1n) is 8.32. The second-order valence-electron chi connectivity index (χ2n) is 6.03. The number of methoxy groups -OCH3 is 1. The van der Waals surface area contributed by atoms with Gasteiger partial charge in [-0.15, -0.1) is 0 Å². The molecule has 2 aromatic rings. The smallest absolute Gasteiger partial charge is 0.359 e. The van der Waals surface area contributed by atoms with Crippen LogP contribution in [0.1, 0.15) is 27.2 Å². The molecule has 12 nitrogen and oxygen atoms in total. The normalized spacial score (nSPS) is 22.5. The summed E-state index contributed by atoms with van der Waals surface area (Å²) in [4.78, 5) is 47.1. The van der Waals surface area contributed by atoms with Crippen LogP contribution in [0.4, 0.5) is 14.6 Å². The molecule has 3 heterocycles. The van der Waals surface area contributed by atoms with Gasteiger partial charge in [0.25, 0.3) is 5.91 Å². The Bertz CT molecular complexity index is 1030. The Morgan fingerprint density at radius 2 is 2.00 bits per heavy atom. The molecule has 1 amide bonds. The summed E-state index contributed by atoms with van der Waals surface area (Å²) < 4.78 is 38.2. The van der Waals surface area contributed by atoms with E-state index in [0.29, 0.717) is 4.57 Å². The van der Waals surface area contributed by atoms with Gasteiger partial charge >= 0.3 is 17.6 Å². The van der Waals surface area contributed by atoms with Crippen LogP contribution in [0.2, 0.25) is 0 Å². The fourth-order valence-electron chi connectivity index (χ4n) is 2.71. The van der Waals surface area contributed by atoms with Gasteiger partial charge in [-0.2, -0.15) is 13.8 Å². The monoisotopic (exact) mass is 427 g/mol. The number of aliphatic hydroxyl groups excluding tert-OH is 2. The van der Waals surface area contributed by atoms with Crippen molar-refractivity contribution in [3.63, 3.8) is 0 Å². The predicted octanol–water partition coefficient (Wildman–Crippen LogP) is -1.04. The standard InChI is InChI=1S/C16H15F2N5O7/c1-29-13(27)10-9(19-3-4-20-10)12(26)21-8-2-5-23(15(28)22-8)14-16(17,18)11(25)7(6-24)30-14/h2-5,7,11,14,24-25H,6H2,1H3,(H,21,22,26,28)/t7-,11-,14-/m1/s1. The summed E-state index contributed by atoms with van der Waals surface area (Å²) in [6, 6.07) is 1.02. The Hall–Kier alpha value is -3.36. The van der Waals surface area contributed by atoms with Crippen LogP contribution in [0.15, 0.2) is 29.5 Å². The van der Waals surface area contributed by atoms with Crippen LogP contribution < -0.4 is 11.0 Å². The summed E-state index contributed by atoms with van der Waals surface area (Å²) in [5.74, 6) is -6.08. The van der Waals surface area contributed by atoms with E-state index in [1.165, 1.54) is 0 Å². The maximum atomic E-state index is 14.2. The van der Waals surface area contributed by atoms with E-state index in [1.807, 2.05) is 0 Å². The van der Waals surface area contributed by atoms with Crippen molar-refractivity contribution in [1.82, 2.24) is 19.5 Å².